The third kappa shape index (κ3) is 2.64. The van der Waals surface area contributed by atoms with Crippen LogP contribution in [0.25, 0.3) is 0 Å². The van der Waals surface area contributed by atoms with Crippen LogP contribution in [0.1, 0.15) is 19.4 Å². The molecule has 0 fully saturated rings. The zero-order valence-electron chi connectivity index (χ0n) is 9.18. The summed E-state index contributed by atoms with van der Waals surface area (Å²) in [5, 5.41) is 7.76. The highest BCUT2D eigenvalue weighted by Crippen LogP contribution is 2.25. The lowest BCUT2D eigenvalue weighted by atomic mass is 9.99. The second-order valence-corrected chi connectivity index (χ2v) is 4.84. The van der Waals surface area contributed by atoms with Gasteiger partial charge < -0.3 is 10.6 Å². The van der Waals surface area contributed by atoms with E-state index in [1.807, 2.05) is 12.1 Å². The van der Waals surface area contributed by atoms with Crippen molar-refractivity contribution in [3.8, 4) is 0 Å². The molecule has 2 rings (SSSR count). The molecule has 0 saturated heterocycles. The van der Waals surface area contributed by atoms with E-state index < -0.39 is 0 Å². The van der Waals surface area contributed by atoms with Crippen LogP contribution in [-0.4, -0.2) is 18.6 Å². The Labute approximate surface area is 96.0 Å². The first kappa shape index (κ1) is 10.8. The molecule has 0 amide bonds. The third-order valence-corrected chi connectivity index (χ3v) is 2.88. The van der Waals surface area contributed by atoms with Crippen molar-refractivity contribution in [2.75, 3.05) is 11.9 Å². The number of nitrogens with one attached hydrogen (secondary N) is 2. The van der Waals surface area contributed by atoms with E-state index in [1.54, 1.807) is 0 Å². The number of hydrogen-bond donors (Lipinski definition) is 2. The minimum absolute atomic E-state index is 0.527. The van der Waals surface area contributed by atoms with Crippen LogP contribution in [0, 0.1) is 0 Å². The van der Waals surface area contributed by atoms with E-state index in [-0.39, 0.29) is 0 Å². The summed E-state index contributed by atoms with van der Waals surface area (Å²) in [6.45, 7) is 5.33. The average Bonchev–Trinajstić information content (AvgIpc) is 2.17. The van der Waals surface area contributed by atoms with Crippen LogP contribution in [0.3, 0.4) is 0 Å². The largest absolute Gasteiger partial charge is 0.383 e. The van der Waals surface area contributed by atoms with E-state index in [1.165, 1.54) is 11.3 Å². The molecule has 15 heavy (non-hydrogen) atoms. The molecular weight excluding hydrogens is 208 g/mol. The van der Waals surface area contributed by atoms with Crippen LogP contribution in [0.5, 0.6) is 0 Å². The second-order valence-electron chi connectivity index (χ2n) is 4.40. The number of rotatable bonds is 2. The average molecular weight is 225 g/mol. The summed E-state index contributed by atoms with van der Waals surface area (Å²) in [5.74, 6) is 0. The zero-order valence-corrected chi connectivity index (χ0v) is 9.93. The number of fused-ring (bicyclic) bond motifs is 1. The van der Waals surface area contributed by atoms with E-state index in [4.69, 9.17) is 11.6 Å². The number of hydrogen-bond acceptors (Lipinski definition) is 2. The van der Waals surface area contributed by atoms with Gasteiger partial charge in [-0.1, -0.05) is 31.5 Å². The molecule has 1 atom stereocenters. The molecule has 0 aliphatic carbocycles. The smallest absolute Gasteiger partial charge is 0.0426 e. The summed E-state index contributed by atoms with van der Waals surface area (Å²) in [6.07, 6.45) is 1.08. The highest BCUT2D eigenvalue weighted by molar-refractivity contribution is 6.30. The van der Waals surface area contributed by atoms with E-state index in [0.29, 0.717) is 12.1 Å². The molecule has 1 aliphatic rings. The maximum Gasteiger partial charge on any atom is 0.0426 e. The van der Waals surface area contributed by atoms with Gasteiger partial charge in [0.05, 0.1) is 0 Å². The van der Waals surface area contributed by atoms with Gasteiger partial charge in [0.25, 0.3) is 0 Å². The molecule has 2 N–H and O–H groups in total. The van der Waals surface area contributed by atoms with Gasteiger partial charge in [0, 0.05) is 29.3 Å². The Kier molecular flexibility index (Phi) is 3.17. The van der Waals surface area contributed by atoms with Gasteiger partial charge in [-0.3, -0.25) is 0 Å². The van der Waals surface area contributed by atoms with Gasteiger partial charge in [-0.15, -0.1) is 0 Å². The first-order valence-electron chi connectivity index (χ1n) is 5.43. The third-order valence-electron chi connectivity index (χ3n) is 2.65. The lowest BCUT2D eigenvalue weighted by Crippen LogP contribution is -2.43. The SMILES string of the molecule is CC(C)NC1CNc2cc(Cl)ccc2C1. The molecule has 0 spiro atoms. The Morgan fingerprint density at radius 3 is 3.00 bits per heavy atom. The Morgan fingerprint density at radius 2 is 2.27 bits per heavy atom. The zero-order chi connectivity index (χ0) is 10.8. The molecule has 1 aromatic carbocycles. The van der Waals surface area contributed by atoms with Crippen LogP contribution in [0.2, 0.25) is 5.02 Å². The van der Waals surface area contributed by atoms with Crippen LogP contribution in [-0.2, 0) is 6.42 Å². The van der Waals surface area contributed by atoms with Crippen molar-refractivity contribution in [1.82, 2.24) is 5.32 Å². The molecular formula is C12H17ClN2. The maximum absolute atomic E-state index is 5.94. The number of anilines is 1. The fraction of sp³-hybridized carbons (Fsp3) is 0.500. The van der Waals surface area contributed by atoms with Crippen LogP contribution in [0.4, 0.5) is 5.69 Å². The van der Waals surface area contributed by atoms with Crippen molar-refractivity contribution in [3.05, 3.63) is 28.8 Å². The first-order valence-corrected chi connectivity index (χ1v) is 5.81. The summed E-state index contributed by atoms with van der Waals surface area (Å²) in [6, 6.07) is 7.13. The molecule has 2 nitrogen and oxygen atoms in total. The Hall–Kier alpha value is -0.730. The second kappa shape index (κ2) is 4.42. The van der Waals surface area contributed by atoms with Gasteiger partial charge in [0.15, 0.2) is 0 Å². The van der Waals surface area contributed by atoms with E-state index in [2.05, 4.69) is 30.5 Å². The minimum Gasteiger partial charge on any atom is -0.383 e. The van der Waals surface area contributed by atoms with Gasteiger partial charge in [0.2, 0.25) is 0 Å². The minimum atomic E-state index is 0.527. The van der Waals surface area contributed by atoms with Gasteiger partial charge in [-0.2, -0.15) is 0 Å². The molecule has 82 valence electrons. The molecule has 1 unspecified atom stereocenters. The monoisotopic (exact) mass is 224 g/mol. The van der Waals surface area contributed by atoms with Crippen LogP contribution in [0.15, 0.2) is 18.2 Å². The van der Waals surface area contributed by atoms with Gasteiger partial charge in [0.1, 0.15) is 0 Å². The Bertz CT molecular complexity index is 349. The van der Waals surface area contributed by atoms with Gasteiger partial charge >= 0.3 is 0 Å². The predicted octanol–water partition coefficient (Wildman–Crippen LogP) is 2.67. The summed E-state index contributed by atoms with van der Waals surface area (Å²) < 4.78 is 0. The molecule has 0 radical (unpaired) electrons. The maximum atomic E-state index is 5.94. The predicted molar refractivity (Wildman–Crippen MR) is 65.7 cm³/mol. The standard InChI is InChI=1S/C12H17ClN2/c1-8(2)15-11-5-9-3-4-10(13)6-12(9)14-7-11/h3-4,6,8,11,14-15H,5,7H2,1-2H3. The van der Waals surface area contributed by atoms with Crippen LogP contribution < -0.4 is 10.6 Å². The van der Waals surface area contributed by atoms with E-state index >= 15 is 0 Å². The van der Waals surface area contributed by atoms with E-state index in [9.17, 15) is 0 Å². The molecule has 1 aromatic rings. The molecule has 0 aromatic heterocycles. The van der Waals surface area contributed by atoms with Crippen molar-refractivity contribution in [2.24, 2.45) is 0 Å². The lowest BCUT2D eigenvalue weighted by molar-refractivity contribution is 0.467. The molecule has 0 bridgehead atoms. The van der Waals surface area contributed by atoms with Crippen molar-refractivity contribution in [1.29, 1.82) is 0 Å². The highest BCUT2D eigenvalue weighted by atomic mass is 35.5. The normalized spacial score (nSPS) is 19.9. The van der Waals surface area contributed by atoms with Crippen molar-refractivity contribution >= 4 is 17.3 Å². The molecule has 1 heterocycles. The highest BCUT2D eigenvalue weighted by Gasteiger charge is 2.18. The van der Waals surface area contributed by atoms with Gasteiger partial charge in [-0.05, 0) is 24.1 Å². The fourth-order valence-electron chi connectivity index (χ4n) is 2.05. The van der Waals surface area contributed by atoms with Crippen molar-refractivity contribution < 1.29 is 0 Å². The van der Waals surface area contributed by atoms with Crippen molar-refractivity contribution in [2.45, 2.75) is 32.4 Å². The quantitative estimate of drug-likeness (QED) is 0.807. The summed E-state index contributed by atoms with van der Waals surface area (Å²) in [4.78, 5) is 0. The fourth-order valence-corrected chi connectivity index (χ4v) is 2.22. The van der Waals surface area contributed by atoms with Gasteiger partial charge in [-0.25, -0.2) is 0 Å². The first-order chi connectivity index (χ1) is 7.15. The van der Waals surface area contributed by atoms with Crippen molar-refractivity contribution in [3.63, 3.8) is 0 Å². The summed E-state index contributed by atoms with van der Waals surface area (Å²) in [5.41, 5.74) is 2.54. The lowest BCUT2D eigenvalue weighted by Gasteiger charge is -2.28. The Morgan fingerprint density at radius 1 is 1.47 bits per heavy atom. The Balaban J connectivity index is 2.10. The number of benzene rings is 1. The number of halogens is 1. The summed E-state index contributed by atoms with van der Waals surface area (Å²) in [7, 11) is 0. The molecule has 0 saturated carbocycles. The topological polar surface area (TPSA) is 24.1 Å². The van der Waals surface area contributed by atoms with Crippen LogP contribution >= 0.6 is 11.6 Å². The van der Waals surface area contributed by atoms with E-state index in [0.717, 1.165) is 18.0 Å². The molecule has 1 aliphatic heterocycles. The molecule has 3 heteroatoms. The summed E-state index contributed by atoms with van der Waals surface area (Å²) >= 11 is 5.94.